The first-order valence-corrected chi connectivity index (χ1v) is 18.2. The van der Waals surface area contributed by atoms with Crippen molar-refractivity contribution in [2.24, 2.45) is 16.8 Å². The van der Waals surface area contributed by atoms with Gasteiger partial charge in [0.15, 0.2) is 0 Å². The molecule has 50 heavy (non-hydrogen) atoms. The van der Waals surface area contributed by atoms with Crippen LogP contribution in [0.1, 0.15) is 42.9 Å². The Labute approximate surface area is 293 Å². The molecule has 0 spiro atoms. The van der Waals surface area contributed by atoms with E-state index in [1.54, 1.807) is 0 Å². The first-order chi connectivity index (χ1) is 24.8. The standard InChI is InChI=1S/C48H38N2/c1-3-11-33-25-37(19-17-31(33)9-1)47-41-14-6-7-15-42(41)48(38-20-18-32-10-2-4-12-34(32)26-38)44-28-35(21-23-43(44)47)39-22-24-46(49-29-39)40-27-36-13-5-8-16-45(36)50-30-40/h1-2,4-10,12-24,26,28-30,33,36,40,45H,3,11,25,27H2/t33-,36?,40?,45?/m1/s1. The Morgan fingerprint density at radius 2 is 1.44 bits per heavy atom. The normalized spacial score (nSPS) is 22.4. The summed E-state index contributed by atoms with van der Waals surface area (Å²) in [6.45, 7) is 0. The van der Waals surface area contributed by atoms with Crippen LogP contribution in [0.15, 0.2) is 162 Å². The van der Waals surface area contributed by atoms with Gasteiger partial charge in [0.05, 0.1) is 6.04 Å². The molecule has 1 aromatic heterocycles. The first kappa shape index (κ1) is 29.3. The molecule has 0 amide bonds. The van der Waals surface area contributed by atoms with Crippen molar-refractivity contribution in [1.82, 2.24) is 4.98 Å². The smallest absolute Gasteiger partial charge is 0.0742 e. The van der Waals surface area contributed by atoms with Crippen molar-refractivity contribution in [1.29, 1.82) is 0 Å². The van der Waals surface area contributed by atoms with E-state index in [1.807, 2.05) is 0 Å². The number of allylic oxidation sites excluding steroid dienone is 8. The average Bonchev–Trinajstić information content (AvgIpc) is 3.19. The van der Waals surface area contributed by atoms with Crippen LogP contribution in [0.5, 0.6) is 0 Å². The summed E-state index contributed by atoms with van der Waals surface area (Å²) in [4.78, 5) is 9.90. The molecule has 0 radical (unpaired) electrons. The van der Waals surface area contributed by atoms with E-state index >= 15 is 0 Å². The summed E-state index contributed by atoms with van der Waals surface area (Å²) in [5, 5.41) is 7.76. The van der Waals surface area contributed by atoms with Gasteiger partial charge in [-0.3, -0.25) is 9.98 Å². The van der Waals surface area contributed by atoms with E-state index in [0.29, 0.717) is 11.8 Å². The molecule has 0 fully saturated rings. The summed E-state index contributed by atoms with van der Waals surface area (Å²) < 4.78 is 0. The van der Waals surface area contributed by atoms with E-state index in [4.69, 9.17) is 9.98 Å². The van der Waals surface area contributed by atoms with Gasteiger partial charge in [0.1, 0.15) is 0 Å². The molecule has 3 aliphatic carbocycles. The van der Waals surface area contributed by atoms with E-state index in [9.17, 15) is 0 Å². The van der Waals surface area contributed by atoms with Crippen molar-refractivity contribution in [3.8, 4) is 22.3 Å². The van der Waals surface area contributed by atoms with Crippen LogP contribution in [-0.2, 0) is 0 Å². The third-order valence-electron chi connectivity index (χ3n) is 11.5. The van der Waals surface area contributed by atoms with Crippen LogP contribution < -0.4 is 0 Å². The summed E-state index contributed by atoms with van der Waals surface area (Å²) in [5.74, 6) is 1.28. The van der Waals surface area contributed by atoms with Crippen LogP contribution in [-0.4, -0.2) is 17.2 Å². The zero-order chi connectivity index (χ0) is 33.0. The zero-order valence-corrected chi connectivity index (χ0v) is 28.0. The Balaban J connectivity index is 1.14. The third-order valence-corrected chi connectivity index (χ3v) is 11.5. The van der Waals surface area contributed by atoms with Gasteiger partial charge >= 0.3 is 0 Å². The maximum Gasteiger partial charge on any atom is 0.0742 e. The highest BCUT2D eigenvalue weighted by Crippen LogP contribution is 2.47. The summed E-state index contributed by atoms with van der Waals surface area (Å²) in [6.07, 6.45) is 26.9. The lowest BCUT2D eigenvalue weighted by Gasteiger charge is -2.28. The lowest BCUT2D eigenvalue weighted by Crippen LogP contribution is -2.25. The van der Waals surface area contributed by atoms with Crippen LogP contribution in [0.4, 0.5) is 0 Å². The minimum absolute atomic E-state index is 0.240. The van der Waals surface area contributed by atoms with Crippen molar-refractivity contribution in [3.63, 3.8) is 0 Å². The van der Waals surface area contributed by atoms with Crippen molar-refractivity contribution < 1.29 is 0 Å². The number of aliphatic imine (C=N–C) groups is 1. The highest BCUT2D eigenvalue weighted by Gasteiger charge is 2.27. The van der Waals surface area contributed by atoms with Gasteiger partial charge in [-0.1, -0.05) is 127 Å². The number of aromatic nitrogens is 1. The molecular weight excluding hydrogens is 605 g/mol. The van der Waals surface area contributed by atoms with Crippen molar-refractivity contribution in [2.75, 3.05) is 0 Å². The van der Waals surface area contributed by atoms with Crippen LogP contribution in [0.3, 0.4) is 0 Å². The SMILES string of the molecule is C1=CC2CC(c3ccc(-c4ccc5c(C6=CC=C7C=CCC[C@@H]7C6)c6ccccc6c(-c6ccc7ccccc7c6)c5c4)cn3)C=NC2C=C1. The second kappa shape index (κ2) is 12.1. The molecule has 2 heteroatoms. The highest BCUT2D eigenvalue weighted by atomic mass is 14.8. The van der Waals surface area contributed by atoms with Gasteiger partial charge in [0.25, 0.3) is 0 Å². The minimum atomic E-state index is 0.240. The molecule has 0 saturated heterocycles. The molecule has 0 saturated carbocycles. The third kappa shape index (κ3) is 5.01. The van der Waals surface area contributed by atoms with Crippen molar-refractivity contribution >= 4 is 44.1 Å². The maximum atomic E-state index is 5.04. The number of nitrogens with zero attached hydrogens (tertiary/aromatic N) is 2. The number of pyridine rings is 1. The van der Waals surface area contributed by atoms with Gasteiger partial charge in [-0.15, -0.1) is 0 Å². The first-order valence-electron chi connectivity index (χ1n) is 18.2. The fraction of sp³-hybridized carbons (Fsp3) is 0.167. The van der Waals surface area contributed by atoms with E-state index in [2.05, 4.69) is 158 Å². The van der Waals surface area contributed by atoms with Crippen molar-refractivity contribution in [2.45, 2.75) is 37.6 Å². The average molecular weight is 643 g/mol. The van der Waals surface area contributed by atoms with Gasteiger partial charge in [-0.25, -0.2) is 0 Å². The largest absolute Gasteiger partial charge is 0.289 e. The number of hydrogen-bond donors (Lipinski definition) is 0. The fourth-order valence-corrected chi connectivity index (χ4v) is 8.88. The Kier molecular flexibility index (Phi) is 7.08. The minimum Gasteiger partial charge on any atom is -0.289 e. The topological polar surface area (TPSA) is 25.2 Å². The van der Waals surface area contributed by atoms with Gasteiger partial charge in [0.2, 0.25) is 0 Å². The molecule has 3 unspecified atom stereocenters. The molecule has 0 N–H and O–H groups in total. The number of hydrogen-bond acceptors (Lipinski definition) is 2. The van der Waals surface area contributed by atoms with Crippen LogP contribution in [0.25, 0.3) is 60.1 Å². The maximum absolute atomic E-state index is 5.04. The molecular formula is C48H38N2. The summed E-state index contributed by atoms with van der Waals surface area (Å²) in [7, 11) is 0. The molecule has 2 heterocycles. The lowest BCUT2D eigenvalue weighted by atomic mass is 9.76. The highest BCUT2D eigenvalue weighted by molar-refractivity contribution is 6.20. The molecule has 4 aliphatic rings. The van der Waals surface area contributed by atoms with Gasteiger partial charge < -0.3 is 0 Å². The predicted molar refractivity (Wildman–Crippen MR) is 212 cm³/mol. The number of rotatable bonds is 4. The lowest BCUT2D eigenvalue weighted by molar-refractivity contribution is 0.489. The quantitative estimate of drug-likeness (QED) is 0.176. The Hall–Kier alpha value is -5.60. The summed E-state index contributed by atoms with van der Waals surface area (Å²) in [6, 6.07) is 36.5. The number of benzene rings is 5. The zero-order valence-electron chi connectivity index (χ0n) is 28.0. The molecule has 10 rings (SSSR count). The predicted octanol–water partition coefficient (Wildman–Crippen LogP) is 12.2. The Morgan fingerprint density at radius 1 is 0.640 bits per heavy atom. The molecule has 1 aliphatic heterocycles. The number of fused-ring (bicyclic) bond motifs is 5. The van der Waals surface area contributed by atoms with Gasteiger partial charge in [-0.05, 0) is 116 Å². The second-order valence-corrected chi connectivity index (χ2v) is 14.4. The molecule has 2 nitrogen and oxygen atoms in total. The van der Waals surface area contributed by atoms with E-state index in [0.717, 1.165) is 30.5 Å². The second-order valence-electron chi connectivity index (χ2n) is 14.4. The van der Waals surface area contributed by atoms with E-state index in [-0.39, 0.29) is 12.0 Å². The van der Waals surface area contributed by atoms with Crippen molar-refractivity contribution in [3.05, 3.63) is 169 Å². The molecule has 240 valence electrons. The van der Waals surface area contributed by atoms with Crippen LogP contribution in [0.2, 0.25) is 0 Å². The Morgan fingerprint density at radius 3 is 2.34 bits per heavy atom. The molecule has 4 atom stereocenters. The van der Waals surface area contributed by atoms with Gasteiger partial charge in [0, 0.05) is 35.5 Å². The van der Waals surface area contributed by atoms with Crippen LogP contribution in [0, 0.1) is 11.8 Å². The van der Waals surface area contributed by atoms with E-state index in [1.165, 1.54) is 72.1 Å². The Bertz CT molecular complexity index is 2500. The molecule has 5 aromatic carbocycles. The monoisotopic (exact) mass is 642 g/mol. The summed E-state index contributed by atoms with van der Waals surface area (Å²) >= 11 is 0. The fourth-order valence-electron chi connectivity index (χ4n) is 8.88. The van der Waals surface area contributed by atoms with E-state index < -0.39 is 0 Å². The molecule has 0 bridgehead atoms. The van der Waals surface area contributed by atoms with Crippen LogP contribution >= 0.6 is 0 Å². The molecule has 6 aromatic rings. The van der Waals surface area contributed by atoms with Gasteiger partial charge in [-0.2, -0.15) is 0 Å². The summed E-state index contributed by atoms with van der Waals surface area (Å²) in [5.41, 5.74) is 10.3.